The van der Waals surface area contributed by atoms with E-state index in [4.69, 9.17) is 5.11 Å². The van der Waals surface area contributed by atoms with Gasteiger partial charge in [-0.3, -0.25) is 4.79 Å². The monoisotopic (exact) mass is 214 g/mol. The summed E-state index contributed by atoms with van der Waals surface area (Å²) in [6.07, 6.45) is 0. The van der Waals surface area contributed by atoms with Crippen LogP contribution < -0.4 is 0 Å². The van der Waals surface area contributed by atoms with Gasteiger partial charge in [-0.15, -0.1) is 23.5 Å². The minimum Gasteiger partial charge on any atom is -0.481 e. The SMILES string of the molecule is O=C(O)CSCSc1ccccc1. The molecular weight excluding hydrogens is 204 g/mol. The Kier molecular flexibility index (Phi) is 4.78. The number of hydrogen-bond acceptors (Lipinski definition) is 3. The number of carboxylic acid groups (broad SMARTS) is 1. The quantitative estimate of drug-likeness (QED) is 0.464. The molecule has 1 aromatic carbocycles. The Morgan fingerprint density at radius 1 is 1.31 bits per heavy atom. The molecule has 0 aliphatic heterocycles. The van der Waals surface area contributed by atoms with E-state index in [1.165, 1.54) is 16.7 Å². The van der Waals surface area contributed by atoms with Gasteiger partial charge in [-0.2, -0.15) is 0 Å². The lowest BCUT2D eigenvalue weighted by atomic mass is 10.4. The van der Waals surface area contributed by atoms with E-state index in [0.717, 1.165) is 5.08 Å². The molecule has 70 valence electrons. The Labute approximate surface area is 85.7 Å². The maximum atomic E-state index is 10.2. The van der Waals surface area contributed by atoms with Gasteiger partial charge in [0.25, 0.3) is 0 Å². The van der Waals surface area contributed by atoms with E-state index in [1.807, 2.05) is 30.3 Å². The number of thioether (sulfide) groups is 2. The van der Waals surface area contributed by atoms with Crippen LogP contribution in [0.5, 0.6) is 0 Å². The van der Waals surface area contributed by atoms with E-state index < -0.39 is 5.97 Å². The highest BCUT2D eigenvalue weighted by molar-refractivity contribution is 8.16. The Morgan fingerprint density at radius 2 is 2.00 bits per heavy atom. The molecular formula is C9H10O2S2. The first-order chi connectivity index (χ1) is 6.29. The number of aliphatic carboxylic acids is 1. The average Bonchev–Trinajstić information content (AvgIpc) is 2.14. The van der Waals surface area contributed by atoms with Crippen molar-refractivity contribution in [3.8, 4) is 0 Å². The zero-order valence-electron chi connectivity index (χ0n) is 6.97. The van der Waals surface area contributed by atoms with E-state index in [9.17, 15) is 4.79 Å². The first kappa shape index (κ1) is 10.5. The van der Waals surface area contributed by atoms with Crippen molar-refractivity contribution in [2.45, 2.75) is 4.90 Å². The molecule has 0 atom stereocenters. The second kappa shape index (κ2) is 5.94. The standard InChI is InChI=1S/C9H10O2S2/c10-9(11)6-12-7-13-8-4-2-1-3-5-8/h1-5H,6-7H2,(H,10,11). The third-order valence-corrected chi connectivity index (χ3v) is 3.47. The molecule has 0 aromatic heterocycles. The predicted molar refractivity (Wildman–Crippen MR) is 57.3 cm³/mol. The number of carboxylic acids is 1. The smallest absolute Gasteiger partial charge is 0.313 e. The second-order valence-electron chi connectivity index (χ2n) is 2.32. The largest absolute Gasteiger partial charge is 0.481 e. The van der Waals surface area contributed by atoms with E-state index in [2.05, 4.69) is 0 Å². The highest BCUT2D eigenvalue weighted by atomic mass is 32.2. The topological polar surface area (TPSA) is 37.3 Å². The zero-order chi connectivity index (χ0) is 9.52. The van der Waals surface area contributed by atoms with Gasteiger partial charge < -0.3 is 5.11 Å². The summed E-state index contributed by atoms with van der Waals surface area (Å²) in [6, 6.07) is 9.96. The molecule has 0 aliphatic rings. The molecule has 1 aromatic rings. The summed E-state index contributed by atoms with van der Waals surface area (Å²) < 4.78 is 0. The highest BCUT2D eigenvalue weighted by Crippen LogP contribution is 2.21. The van der Waals surface area contributed by atoms with Crippen molar-refractivity contribution in [2.24, 2.45) is 0 Å². The van der Waals surface area contributed by atoms with Crippen molar-refractivity contribution in [2.75, 3.05) is 10.8 Å². The van der Waals surface area contributed by atoms with Crippen LogP contribution in [0.3, 0.4) is 0 Å². The first-order valence-corrected chi connectivity index (χ1v) is 5.90. The Hall–Kier alpha value is -0.610. The lowest BCUT2D eigenvalue weighted by molar-refractivity contribution is -0.133. The van der Waals surface area contributed by atoms with Gasteiger partial charge in [0.15, 0.2) is 0 Å². The van der Waals surface area contributed by atoms with Crippen LogP contribution in [0.1, 0.15) is 0 Å². The molecule has 2 nitrogen and oxygen atoms in total. The normalized spacial score (nSPS) is 9.85. The lowest BCUT2D eigenvalue weighted by Gasteiger charge is -1.98. The van der Waals surface area contributed by atoms with Gasteiger partial charge in [-0.05, 0) is 12.1 Å². The summed E-state index contributed by atoms with van der Waals surface area (Å²) in [7, 11) is 0. The van der Waals surface area contributed by atoms with Gasteiger partial charge in [0, 0.05) is 9.98 Å². The second-order valence-corrected chi connectivity index (χ2v) is 4.72. The van der Waals surface area contributed by atoms with Crippen molar-refractivity contribution in [3.05, 3.63) is 30.3 Å². The van der Waals surface area contributed by atoms with Crippen LogP contribution in [-0.4, -0.2) is 21.9 Å². The first-order valence-electron chi connectivity index (χ1n) is 3.76. The number of carbonyl (C=O) groups is 1. The van der Waals surface area contributed by atoms with Crippen LogP contribution in [0.25, 0.3) is 0 Å². The molecule has 0 radical (unpaired) electrons. The minimum absolute atomic E-state index is 0.180. The van der Waals surface area contributed by atoms with Crippen LogP contribution in [0.15, 0.2) is 35.2 Å². The van der Waals surface area contributed by atoms with Gasteiger partial charge in [-0.1, -0.05) is 18.2 Å². The molecule has 0 unspecified atom stereocenters. The molecule has 0 bridgehead atoms. The van der Waals surface area contributed by atoms with E-state index in [0.29, 0.717) is 0 Å². The molecule has 0 fully saturated rings. The number of benzene rings is 1. The van der Waals surface area contributed by atoms with E-state index >= 15 is 0 Å². The summed E-state index contributed by atoms with van der Waals surface area (Å²) >= 11 is 3.08. The fourth-order valence-corrected chi connectivity index (χ4v) is 2.49. The molecule has 0 saturated carbocycles. The van der Waals surface area contributed by atoms with Crippen molar-refractivity contribution < 1.29 is 9.90 Å². The molecule has 0 aliphatic carbocycles. The van der Waals surface area contributed by atoms with Gasteiger partial charge in [0.1, 0.15) is 0 Å². The van der Waals surface area contributed by atoms with Crippen molar-refractivity contribution >= 4 is 29.5 Å². The molecule has 0 amide bonds. The summed E-state index contributed by atoms with van der Waals surface area (Å²) in [5.41, 5.74) is 0. The molecule has 0 saturated heterocycles. The van der Waals surface area contributed by atoms with Crippen LogP contribution in [0.2, 0.25) is 0 Å². The summed E-state index contributed by atoms with van der Waals surface area (Å²) in [4.78, 5) is 11.4. The third-order valence-electron chi connectivity index (χ3n) is 1.28. The summed E-state index contributed by atoms with van der Waals surface area (Å²) in [5, 5.41) is 9.17. The Balaban J connectivity index is 2.17. The molecule has 4 heteroatoms. The molecule has 13 heavy (non-hydrogen) atoms. The maximum Gasteiger partial charge on any atom is 0.313 e. The summed E-state index contributed by atoms with van der Waals surface area (Å²) in [6.45, 7) is 0. The summed E-state index contributed by atoms with van der Waals surface area (Å²) in [5.74, 6) is -0.571. The molecule has 1 N–H and O–H groups in total. The van der Waals surface area contributed by atoms with E-state index in [-0.39, 0.29) is 5.75 Å². The van der Waals surface area contributed by atoms with Crippen LogP contribution in [0.4, 0.5) is 0 Å². The number of rotatable bonds is 5. The van der Waals surface area contributed by atoms with Gasteiger partial charge in [0.05, 0.1) is 5.75 Å². The number of hydrogen-bond donors (Lipinski definition) is 1. The van der Waals surface area contributed by atoms with Crippen molar-refractivity contribution in [1.82, 2.24) is 0 Å². The minimum atomic E-state index is -0.751. The molecule has 1 rings (SSSR count). The van der Waals surface area contributed by atoms with Gasteiger partial charge in [-0.25, -0.2) is 0 Å². The van der Waals surface area contributed by atoms with Crippen LogP contribution >= 0.6 is 23.5 Å². The van der Waals surface area contributed by atoms with Crippen molar-refractivity contribution in [3.63, 3.8) is 0 Å². The lowest BCUT2D eigenvalue weighted by Crippen LogP contribution is -1.97. The van der Waals surface area contributed by atoms with Gasteiger partial charge >= 0.3 is 5.97 Å². The Morgan fingerprint density at radius 3 is 2.62 bits per heavy atom. The third kappa shape index (κ3) is 4.85. The molecule has 0 spiro atoms. The fraction of sp³-hybridized carbons (Fsp3) is 0.222. The fourth-order valence-electron chi connectivity index (χ4n) is 0.755. The van der Waals surface area contributed by atoms with Crippen LogP contribution in [-0.2, 0) is 4.79 Å². The van der Waals surface area contributed by atoms with Crippen molar-refractivity contribution in [1.29, 1.82) is 0 Å². The predicted octanol–water partition coefficient (Wildman–Crippen LogP) is 2.55. The van der Waals surface area contributed by atoms with E-state index in [1.54, 1.807) is 11.8 Å². The molecule has 0 heterocycles. The maximum absolute atomic E-state index is 10.2. The highest BCUT2D eigenvalue weighted by Gasteiger charge is 1.97. The van der Waals surface area contributed by atoms with Gasteiger partial charge in [0.2, 0.25) is 0 Å². The zero-order valence-corrected chi connectivity index (χ0v) is 8.61. The van der Waals surface area contributed by atoms with Crippen LogP contribution in [0, 0.1) is 0 Å². The average molecular weight is 214 g/mol. The Bertz CT molecular complexity index is 262.